The van der Waals surface area contributed by atoms with Crippen molar-refractivity contribution in [2.45, 2.75) is 38.1 Å². The van der Waals surface area contributed by atoms with Gasteiger partial charge in [-0.15, -0.1) is 0 Å². The Balaban J connectivity index is 1.33. The van der Waals surface area contributed by atoms with Gasteiger partial charge in [0.1, 0.15) is 0 Å². The van der Waals surface area contributed by atoms with Gasteiger partial charge in [-0.3, -0.25) is 4.79 Å². The van der Waals surface area contributed by atoms with Crippen LogP contribution in [0.2, 0.25) is 0 Å². The van der Waals surface area contributed by atoms with Crippen LogP contribution < -0.4 is 10.6 Å². The molecule has 0 spiro atoms. The van der Waals surface area contributed by atoms with Gasteiger partial charge in [-0.1, -0.05) is 18.2 Å². The first-order valence-corrected chi connectivity index (χ1v) is 8.36. The molecule has 21 heavy (non-hydrogen) atoms. The van der Waals surface area contributed by atoms with Gasteiger partial charge in [0.2, 0.25) is 5.91 Å². The smallest absolute Gasteiger partial charge is 0.239 e. The zero-order chi connectivity index (χ0) is 14.2. The summed E-state index contributed by atoms with van der Waals surface area (Å²) in [6.45, 7) is 0.382. The summed E-state index contributed by atoms with van der Waals surface area (Å²) in [6, 6.07) is 10.4. The Morgan fingerprint density at radius 2 is 1.57 bits per heavy atom. The van der Waals surface area contributed by atoms with Crippen LogP contribution in [0.15, 0.2) is 30.3 Å². The van der Waals surface area contributed by atoms with E-state index in [1.165, 1.54) is 32.1 Å². The van der Waals surface area contributed by atoms with Crippen LogP contribution in [0.25, 0.3) is 0 Å². The third kappa shape index (κ3) is 2.66. The van der Waals surface area contributed by atoms with E-state index in [1.54, 1.807) is 0 Å². The van der Waals surface area contributed by atoms with Gasteiger partial charge in [0, 0.05) is 11.7 Å². The van der Waals surface area contributed by atoms with Gasteiger partial charge in [-0.2, -0.15) is 0 Å². The summed E-state index contributed by atoms with van der Waals surface area (Å²) in [4.78, 5) is 12.2. The second-order valence-electron chi connectivity index (χ2n) is 7.24. The highest BCUT2D eigenvalue weighted by molar-refractivity contribution is 5.81. The van der Waals surface area contributed by atoms with Crippen molar-refractivity contribution in [3.8, 4) is 0 Å². The Morgan fingerprint density at radius 1 is 0.952 bits per heavy atom. The fourth-order valence-electron chi connectivity index (χ4n) is 5.14. The Morgan fingerprint density at radius 3 is 2.19 bits per heavy atom. The monoisotopic (exact) mass is 284 g/mol. The van der Waals surface area contributed by atoms with Crippen molar-refractivity contribution in [1.82, 2.24) is 5.32 Å². The lowest BCUT2D eigenvalue weighted by Crippen LogP contribution is -2.56. The number of rotatable bonds is 4. The number of amides is 1. The predicted octanol–water partition coefficient (Wildman–Crippen LogP) is 3.04. The molecular formula is C18H24N2O. The lowest BCUT2D eigenvalue weighted by atomic mass is 9.54. The molecule has 0 atom stereocenters. The molecule has 0 aliphatic heterocycles. The zero-order valence-electron chi connectivity index (χ0n) is 12.4. The second kappa shape index (κ2) is 5.36. The molecule has 4 aliphatic carbocycles. The van der Waals surface area contributed by atoms with Crippen molar-refractivity contribution in [3.05, 3.63) is 30.3 Å². The van der Waals surface area contributed by atoms with Crippen molar-refractivity contribution < 1.29 is 4.79 Å². The molecule has 4 saturated carbocycles. The number of hydrogen-bond acceptors (Lipinski definition) is 2. The maximum Gasteiger partial charge on any atom is 0.239 e. The Bertz CT molecular complexity index is 485. The highest BCUT2D eigenvalue weighted by atomic mass is 16.2. The molecular weight excluding hydrogens is 260 g/mol. The molecule has 1 aromatic rings. The van der Waals surface area contributed by atoms with E-state index in [0.29, 0.717) is 12.6 Å². The van der Waals surface area contributed by atoms with Gasteiger partial charge in [0.25, 0.3) is 0 Å². The van der Waals surface area contributed by atoms with Crippen LogP contribution in [-0.2, 0) is 4.79 Å². The van der Waals surface area contributed by atoms with Crippen LogP contribution in [0, 0.1) is 23.7 Å². The van der Waals surface area contributed by atoms with Crippen LogP contribution in [0.3, 0.4) is 0 Å². The number of benzene rings is 1. The maximum atomic E-state index is 12.2. The molecule has 0 heterocycles. The van der Waals surface area contributed by atoms with Crippen LogP contribution in [0.5, 0.6) is 0 Å². The quantitative estimate of drug-likeness (QED) is 0.892. The molecule has 4 aliphatic rings. The molecule has 0 aromatic heterocycles. The molecule has 0 radical (unpaired) electrons. The first-order chi connectivity index (χ1) is 10.3. The van der Waals surface area contributed by atoms with E-state index in [9.17, 15) is 4.79 Å². The SMILES string of the molecule is O=C(CNc1ccccc1)NC1C2CC3CC(C2)CC1C3. The molecule has 4 bridgehead atoms. The van der Waals surface area contributed by atoms with Crippen molar-refractivity contribution in [1.29, 1.82) is 0 Å². The van der Waals surface area contributed by atoms with Gasteiger partial charge in [-0.25, -0.2) is 0 Å². The molecule has 4 fully saturated rings. The van der Waals surface area contributed by atoms with Gasteiger partial charge in [-0.05, 0) is 67.9 Å². The van der Waals surface area contributed by atoms with Crippen molar-refractivity contribution in [3.63, 3.8) is 0 Å². The third-order valence-corrected chi connectivity index (χ3v) is 5.78. The van der Waals surface area contributed by atoms with Crippen molar-refractivity contribution in [2.24, 2.45) is 23.7 Å². The molecule has 112 valence electrons. The van der Waals surface area contributed by atoms with Crippen molar-refractivity contribution >= 4 is 11.6 Å². The summed E-state index contributed by atoms with van der Waals surface area (Å²) in [5, 5.41) is 6.54. The summed E-state index contributed by atoms with van der Waals surface area (Å²) >= 11 is 0. The van der Waals surface area contributed by atoms with E-state index >= 15 is 0 Å². The molecule has 1 aromatic carbocycles. The van der Waals surface area contributed by atoms with Gasteiger partial charge in [0.15, 0.2) is 0 Å². The summed E-state index contributed by atoms with van der Waals surface area (Å²) in [6.07, 6.45) is 6.87. The van der Waals surface area contributed by atoms with E-state index in [-0.39, 0.29) is 5.91 Å². The van der Waals surface area contributed by atoms with Crippen LogP contribution in [-0.4, -0.2) is 18.5 Å². The van der Waals surface area contributed by atoms with Crippen LogP contribution in [0.1, 0.15) is 32.1 Å². The molecule has 5 rings (SSSR count). The number of nitrogens with one attached hydrogen (secondary N) is 2. The summed E-state index contributed by atoms with van der Waals surface area (Å²) in [7, 11) is 0. The lowest BCUT2D eigenvalue weighted by Gasteiger charge is -2.54. The minimum absolute atomic E-state index is 0.149. The highest BCUT2D eigenvalue weighted by Crippen LogP contribution is 2.53. The number of carbonyl (C=O) groups is 1. The maximum absolute atomic E-state index is 12.2. The first-order valence-electron chi connectivity index (χ1n) is 8.36. The first kappa shape index (κ1) is 13.2. The van der Waals surface area contributed by atoms with E-state index in [0.717, 1.165) is 29.4 Å². The van der Waals surface area contributed by atoms with Crippen molar-refractivity contribution in [2.75, 3.05) is 11.9 Å². The highest BCUT2D eigenvalue weighted by Gasteiger charge is 2.48. The lowest BCUT2D eigenvalue weighted by molar-refractivity contribution is -0.123. The molecule has 1 amide bonds. The molecule has 0 saturated heterocycles. The molecule has 0 unspecified atom stereocenters. The normalized spacial score (nSPS) is 36.5. The standard InChI is InChI=1S/C18H24N2O/c21-17(11-19-16-4-2-1-3-5-16)20-18-14-7-12-6-13(9-14)10-15(18)8-12/h1-5,12-15,18-19H,6-11H2,(H,20,21). The molecule has 3 nitrogen and oxygen atoms in total. The zero-order valence-corrected chi connectivity index (χ0v) is 12.4. The van der Waals surface area contributed by atoms with Crippen LogP contribution >= 0.6 is 0 Å². The van der Waals surface area contributed by atoms with Gasteiger partial charge >= 0.3 is 0 Å². The van der Waals surface area contributed by atoms with Crippen LogP contribution in [0.4, 0.5) is 5.69 Å². The molecule has 3 heteroatoms. The average Bonchev–Trinajstić information content (AvgIpc) is 2.49. The topological polar surface area (TPSA) is 41.1 Å². The summed E-state index contributed by atoms with van der Waals surface area (Å²) in [5.74, 6) is 3.58. The Hall–Kier alpha value is -1.51. The van der Waals surface area contributed by atoms with Gasteiger partial charge < -0.3 is 10.6 Å². The number of anilines is 1. The third-order valence-electron chi connectivity index (χ3n) is 5.78. The van der Waals surface area contributed by atoms with Gasteiger partial charge in [0.05, 0.1) is 6.54 Å². The Kier molecular flexibility index (Phi) is 3.36. The second-order valence-corrected chi connectivity index (χ2v) is 7.24. The fraction of sp³-hybridized carbons (Fsp3) is 0.611. The predicted molar refractivity (Wildman–Crippen MR) is 83.9 cm³/mol. The van der Waals surface area contributed by atoms with E-state index in [1.807, 2.05) is 30.3 Å². The summed E-state index contributed by atoms with van der Waals surface area (Å²) < 4.78 is 0. The van der Waals surface area contributed by atoms with E-state index in [2.05, 4.69) is 10.6 Å². The minimum Gasteiger partial charge on any atom is -0.376 e. The Labute approximate surface area is 126 Å². The number of carbonyl (C=O) groups excluding carboxylic acids is 1. The summed E-state index contributed by atoms with van der Waals surface area (Å²) in [5.41, 5.74) is 1.01. The minimum atomic E-state index is 0.149. The largest absolute Gasteiger partial charge is 0.376 e. The fourth-order valence-corrected chi connectivity index (χ4v) is 5.14. The van der Waals surface area contributed by atoms with E-state index in [4.69, 9.17) is 0 Å². The number of para-hydroxylation sites is 1. The average molecular weight is 284 g/mol. The molecule has 2 N–H and O–H groups in total. The number of hydrogen-bond donors (Lipinski definition) is 2. The van der Waals surface area contributed by atoms with E-state index < -0.39 is 0 Å².